The van der Waals surface area contributed by atoms with E-state index in [1.165, 1.54) is 77.3 Å². The van der Waals surface area contributed by atoms with E-state index in [1.54, 1.807) is 16.3 Å². The van der Waals surface area contributed by atoms with Crippen LogP contribution in [0.2, 0.25) is 13.1 Å². The molecule has 7 aliphatic rings. The summed E-state index contributed by atoms with van der Waals surface area (Å²) in [5, 5.41) is 4.43. The maximum Gasteiger partial charge on any atom is 3.00 e. The van der Waals surface area contributed by atoms with E-state index in [2.05, 4.69) is 87.6 Å². The zero-order valence-corrected chi connectivity index (χ0v) is 30.5. The second-order valence-corrected chi connectivity index (χ2v) is 19.0. The first kappa shape index (κ1) is 32.2. The van der Waals surface area contributed by atoms with Crippen LogP contribution in [0.3, 0.4) is 0 Å². The SMILES string of the molecule is CC1=C2c3cc(C)oc3C1[Si]2(C)C.Cc1cc2c(-c3ccc(C45CC6CC(CC(C6)C4)C5)cc3)cccc2[cH-]1.[Cl-].[Cl-].[Zr+3]. The van der Waals surface area contributed by atoms with Gasteiger partial charge < -0.3 is 29.2 Å². The van der Waals surface area contributed by atoms with E-state index in [1.807, 2.05) is 6.92 Å². The average Bonchev–Trinajstić information content (AvgIpc) is 3.57. The molecule has 5 heteroatoms. The number of allylic oxidation sites excluding steroid dienone is 1. The molecule has 1 unspecified atom stereocenters. The molecule has 0 spiro atoms. The molecule has 1 atom stereocenters. The molecule has 3 aromatic carbocycles. The summed E-state index contributed by atoms with van der Waals surface area (Å²) in [6.45, 7) is 11.4. The zero-order chi connectivity index (χ0) is 26.7. The van der Waals surface area contributed by atoms with Crippen molar-refractivity contribution in [2.45, 2.75) is 83.3 Å². The summed E-state index contributed by atoms with van der Waals surface area (Å²) in [5.41, 5.74) is 9.98. The van der Waals surface area contributed by atoms with Crippen LogP contribution in [0.25, 0.3) is 27.1 Å². The fraction of sp³-hybridized carbons (Fsp3) is 0.432. The number of fused-ring (bicyclic) bond motifs is 1. The summed E-state index contributed by atoms with van der Waals surface area (Å²) in [6, 6.07) is 23.3. The van der Waals surface area contributed by atoms with Crippen molar-refractivity contribution in [3.8, 4) is 11.1 Å². The Morgan fingerprint density at radius 1 is 0.810 bits per heavy atom. The Morgan fingerprint density at radius 3 is 2.00 bits per heavy atom. The van der Waals surface area contributed by atoms with Crippen LogP contribution in [0, 0.1) is 31.6 Å². The van der Waals surface area contributed by atoms with Crippen molar-refractivity contribution in [1.29, 1.82) is 0 Å². The average molecular weight is 692 g/mol. The maximum absolute atomic E-state index is 5.78. The number of rotatable bonds is 2. The number of furan rings is 1. The third-order valence-electron chi connectivity index (χ3n) is 11.4. The van der Waals surface area contributed by atoms with Crippen molar-refractivity contribution in [3.05, 3.63) is 94.4 Å². The van der Waals surface area contributed by atoms with Crippen LogP contribution in [0.1, 0.15) is 79.2 Å². The van der Waals surface area contributed by atoms with Gasteiger partial charge in [0.1, 0.15) is 11.5 Å². The van der Waals surface area contributed by atoms with Crippen molar-refractivity contribution < 1.29 is 55.4 Å². The predicted molar refractivity (Wildman–Crippen MR) is 166 cm³/mol. The first-order valence-corrected chi connectivity index (χ1v) is 18.4. The molecule has 1 aromatic heterocycles. The van der Waals surface area contributed by atoms with Gasteiger partial charge in [-0.15, -0.1) is 34.5 Å². The van der Waals surface area contributed by atoms with Gasteiger partial charge in [-0.25, -0.2) is 0 Å². The monoisotopic (exact) mass is 689 g/mol. The first-order chi connectivity index (χ1) is 18.7. The molecule has 4 aromatic rings. The Labute approximate surface area is 284 Å². The topological polar surface area (TPSA) is 13.1 Å². The molecule has 5 aliphatic carbocycles. The molecule has 1 radical (unpaired) electrons. The Kier molecular flexibility index (Phi) is 8.63. The van der Waals surface area contributed by atoms with Crippen LogP contribution in [0.15, 0.2) is 70.7 Å². The van der Waals surface area contributed by atoms with E-state index >= 15 is 0 Å². The Hall–Kier alpha value is -1.25. The Morgan fingerprint density at radius 2 is 1.43 bits per heavy atom. The van der Waals surface area contributed by atoms with E-state index in [4.69, 9.17) is 4.42 Å². The van der Waals surface area contributed by atoms with E-state index < -0.39 is 8.07 Å². The fourth-order valence-electron chi connectivity index (χ4n) is 10.4. The summed E-state index contributed by atoms with van der Waals surface area (Å²) < 4.78 is 5.78. The second kappa shape index (κ2) is 11.3. The minimum absolute atomic E-state index is 0. The Balaban J connectivity index is 0.000000188. The maximum atomic E-state index is 5.78. The van der Waals surface area contributed by atoms with Crippen molar-refractivity contribution in [3.63, 3.8) is 0 Å². The van der Waals surface area contributed by atoms with Gasteiger partial charge in [0.05, 0.1) is 8.07 Å². The molecule has 0 amide bonds. The van der Waals surface area contributed by atoms with Crippen LogP contribution in [-0.4, -0.2) is 8.07 Å². The van der Waals surface area contributed by atoms with E-state index in [9.17, 15) is 0 Å². The van der Waals surface area contributed by atoms with Gasteiger partial charge in [0, 0.05) is 11.1 Å². The predicted octanol–water partition coefficient (Wildman–Crippen LogP) is 4.27. The minimum Gasteiger partial charge on any atom is -1.00 e. The van der Waals surface area contributed by atoms with E-state index in [0.29, 0.717) is 11.0 Å². The summed E-state index contributed by atoms with van der Waals surface area (Å²) in [7, 11) is -1.10. The van der Waals surface area contributed by atoms with Crippen LogP contribution in [0.4, 0.5) is 0 Å². The van der Waals surface area contributed by atoms with Gasteiger partial charge in [-0.2, -0.15) is 6.07 Å². The van der Waals surface area contributed by atoms with Crippen LogP contribution in [0.5, 0.6) is 0 Å². The molecule has 6 bridgehead atoms. The second-order valence-electron chi connectivity index (χ2n) is 14.5. The summed E-state index contributed by atoms with van der Waals surface area (Å²) >= 11 is 0. The van der Waals surface area contributed by atoms with E-state index in [-0.39, 0.29) is 51.0 Å². The van der Waals surface area contributed by atoms with E-state index in [0.717, 1.165) is 23.5 Å². The molecule has 4 fully saturated rings. The Bertz CT molecular complexity index is 1620. The van der Waals surface area contributed by atoms with Crippen molar-refractivity contribution in [2.24, 2.45) is 17.8 Å². The van der Waals surface area contributed by atoms with Gasteiger partial charge in [-0.3, -0.25) is 0 Å². The molecule has 3 heterocycles. The first-order valence-electron chi connectivity index (χ1n) is 15.3. The molecule has 0 saturated heterocycles. The number of benzene rings is 2. The summed E-state index contributed by atoms with van der Waals surface area (Å²) in [4.78, 5) is 0. The van der Waals surface area contributed by atoms with Gasteiger partial charge in [0.15, 0.2) is 0 Å². The molecule has 1 nitrogen and oxygen atoms in total. The van der Waals surface area contributed by atoms with Gasteiger partial charge in [0.2, 0.25) is 0 Å². The zero-order valence-electron chi connectivity index (χ0n) is 25.5. The molecule has 4 saturated carbocycles. The number of aryl methyl sites for hydroxylation is 2. The molecule has 2 aliphatic heterocycles. The van der Waals surface area contributed by atoms with Crippen molar-refractivity contribution in [1.82, 2.24) is 0 Å². The fourth-order valence-corrected chi connectivity index (χ4v) is 14.6. The van der Waals surface area contributed by atoms with Gasteiger partial charge in [-0.05, 0) is 97.9 Å². The minimum atomic E-state index is -1.10. The van der Waals surface area contributed by atoms with Gasteiger partial charge in [0.25, 0.3) is 0 Å². The van der Waals surface area contributed by atoms with Crippen molar-refractivity contribution in [2.75, 3.05) is 0 Å². The van der Waals surface area contributed by atoms with Crippen LogP contribution >= 0.6 is 0 Å². The smallest absolute Gasteiger partial charge is 1.00 e. The standard InChI is InChI=1S/C26H27.C11H14OSi.2ClH.Zr/c1-17-9-22-3-2-4-24(25(22)10-17)21-5-7-23(8-6-21)26-14-18-11-19(15-26)13-20(12-18)16-26;1-6-5-8-9(12-6)11-7(2)10(8)13(11,3)4;;;/h2-10,18-20H,11-16H2,1H3;5,11H,1-4H3;2*1H;/q-1;;;;+3/p-2. The number of halogens is 2. The van der Waals surface area contributed by atoms with Crippen molar-refractivity contribution >= 4 is 24.0 Å². The number of hydrogen-bond acceptors (Lipinski definition) is 1. The largest absolute Gasteiger partial charge is 3.00 e. The quantitative estimate of drug-likeness (QED) is 0.226. The molecular weight excluding hydrogens is 651 g/mol. The summed E-state index contributed by atoms with van der Waals surface area (Å²) in [6.07, 6.45) is 8.93. The number of hydrogen-bond donors (Lipinski definition) is 0. The molecule has 0 N–H and O–H groups in total. The van der Waals surface area contributed by atoms with Crippen LogP contribution in [-0.2, 0) is 31.6 Å². The normalized spacial score (nSPS) is 28.6. The third-order valence-corrected chi connectivity index (χ3v) is 15.4. The molecular formula is C37H41Cl2OSiZr. The summed E-state index contributed by atoms with van der Waals surface area (Å²) in [5.74, 6) is 5.40. The van der Waals surface area contributed by atoms with Gasteiger partial charge in [-0.1, -0.05) is 61.5 Å². The third kappa shape index (κ3) is 4.76. The van der Waals surface area contributed by atoms with Crippen LogP contribution < -0.4 is 24.8 Å². The molecule has 11 rings (SSSR count). The van der Waals surface area contributed by atoms with Gasteiger partial charge >= 0.3 is 26.2 Å². The molecule has 217 valence electrons. The molecule has 42 heavy (non-hydrogen) atoms.